The predicted octanol–water partition coefficient (Wildman–Crippen LogP) is 2.31. The summed E-state index contributed by atoms with van der Waals surface area (Å²) in [6, 6.07) is 7.98. The smallest absolute Gasteiger partial charge is 0.240 e. The summed E-state index contributed by atoms with van der Waals surface area (Å²) in [6.45, 7) is 9.72. The second-order valence-electron chi connectivity index (χ2n) is 6.01. The average Bonchev–Trinajstić information content (AvgIpc) is 2.48. The minimum atomic E-state index is -0.488. The lowest BCUT2D eigenvalue weighted by atomic mass is 9.99. The summed E-state index contributed by atoms with van der Waals surface area (Å²) in [5.41, 5.74) is 0.611. The van der Waals surface area contributed by atoms with E-state index in [-0.39, 0.29) is 11.9 Å². The van der Waals surface area contributed by atoms with Crippen molar-refractivity contribution in [1.82, 2.24) is 15.5 Å². The molecule has 1 aromatic carbocycles. The molecule has 116 valence electrons. The number of carbonyl (C=O) groups excluding carboxylic acids is 1. The Hall–Kier alpha value is -0.910. The molecule has 1 atom stereocenters. The summed E-state index contributed by atoms with van der Waals surface area (Å²) in [5.74, 6) is 0.0765. The molecule has 0 bridgehead atoms. The van der Waals surface area contributed by atoms with Crippen LogP contribution >= 0.6 is 15.9 Å². The Morgan fingerprint density at radius 1 is 1.33 bits per heavy atom. The summed E-state index contributed by atoms with van der Waals surface area (Å²) >= 11 is 3.54. The Kier molecular flexibility index (Phi) is 5.41. The third-order valence-corrected chi connectivity index (χ3v) is 4.90. The van der Waals surface area contributed by atoms with Crippen molar-refractivity contribution < 1.29 is 4.79 Å². The molecule has 21 heavy (non-hydrogen) atoms. The van der Waals surface area contributed by atoms with E-state index in [0.29, 0.717) is 0 Å². The first kappa shape index (κ1) is 16.5. The summed E-state index contributed by atoms with van der Waals surface area (Å²) in [6.07, 6.45) is 0. The highest BCUT2D eigenvalue weighted by Crippen LogP contribution is 2.24. The van der Waals surface area contributed by atoms with Crippen molar-refractivity contribution in [3.63, 3.8) is 0 Å². The van der Waals surface area contributed by atoms with E-state index in [2.05, 4.69) is 31.5 Å². The Balaban J connectivity index is 2.04. The van der Waals surface area contributed by atoms with Gasteiger partial charge in [-0.15, -0.1) is 0 Å². The highest BCUT2D eigenvalue weighted by Gasteiger charge is 2.35. The first-order chi connectivity index (χ1) is 9.93. The molecule has 1 fully saturated rings. The Labute approximate surface area is 135 Å². The number of halogens is 1. The molecule has 1 aliphatic heterocycles. The molecule has 1 amide bonds. The van der Waals surface area contributed by atoms with Crippen LogP contribution in [0.2, 0.25) is 0 Å². The molecule has 1 aliphatic rings. The van der Waals surface area contributed by atoms with Crippen molar-refractivity contribution in [1.29, 1.82) is 0 Å². The Morgan fingerprint density at radius 3 is 2.57 bits per heavy atom. The van der Waals surface area contributed by atoms with Gasteiger partial charge in [-0.3, -0.25) is 9.69 Å². The minimum absolute atomic E-state index is 0.0183. The second-order valence-corrected chi connectivity index (χ2v) is 6.87. The van der Waals surface area contributed by atoms with Crippen molar-refractivity contribution in [3.8, 4) is 0 Å². The molecular weight excluding hydrogens is 330 g/mol. The Morgan fingerprint density at radius 2 is 1.95 bits per heavy atom. The van der Waals surface area contributed by atoms with E-state index in [1.165, 1.54) is 0 Å². The lowest BCUT2D eigenvalue weighted by molar-refractivity contribution is -0.132. The molecule has 2 N–H and O–H groups in total. The van der Waals surface area contributed by atoms with Crippen molar-refractivity contribution >= 4 is 21.8 Å². The van der Waals surface area contributed by atoms with E-state index in [4.69, 9.17) is 0 Å². The SMILES string of the molecule is C[C@H](NC(=O)C(C)(C)N1CCNCC1)c1ccccc1Br. The van der Waals surface area contributed by atoms with Crippen LogP contribution in [-0.2, 0) is 4.79 Å². The van der Waals surface area contributed by atoms with Crippen LogP contribution in [0, 0.1) is 0 Å². The molecule has 1 saturated heterocycles. The zero-order chi connectivity index (χ0) is 15.5. The molecular formula is C16H24BrN3O. The number of benzene rings is 1. The standard InChI is InChI=1S/C16H24BrN3O/c1-12(13-6-4-5-7-14(13)17)19-15(21)16(2,3)20-10-8-18-9-11-20/h4-7,12,18H,8-11H2,1-3H3,(H,19,21)/t12-/m0/s1. The van der Waals surface area contributed by atoms with E-state index >= 15 is 0 Å². The Bertz CT molecular complexity index is 498. The number of nitrogens with one attached hydrogen (secondary N) is 2. The minimum Gasteiger partial charge on any atom is -0.348 e. The topological polar surface area (TPSA) is 44.4 Å². The lowest BCUT2D eigenvalue weighted by Crippen LogP contribution is -2.60. The molecule has 1 aromatic rings. The second kappa shape index (κ2) is 6.90. The van der Waals surface area contributed by atoms with E-state index in [9.17, 15) is 4.79 Å². The maximum atomic E-state index is 12.7. The van der Waals surface area contributed by atoms with Gasteiger partial charge in [-0.25, -0.2) is 0 Å². The van der Waals surface area contributed by atoms with Crippen LogP contribution in [-0.4, -0.2) is 42.5 Å². The normalized spacial score (nSPS) is 18.3. The molecule has 5 heteroatoms. The van der Waals surface area contributed by atoms with Gasteiger partial charge in [0, 0.05) is 30.7 Å². The van der Waals surface area contributed by atoms with E-state index in [0.717, 1.165) is 36.2 Å². The highest BCUT2D eigenvalue weighted by molar-refractivity contribution is 9.10. The number of nitrogens with zero attached hydrogens (tertiary/aromatic N) is 1. The summed E-state index contributed by atoms with van der Waals surface area (Å²) in [4.78, 5) is 14.9. The van der Waals surface area contributed by atoms with Crippen molar-refractivity contribution in [2.45, 2.75) is 32.4 Å². The van der Waals surface area contributed by atoms with Gasteiger partial charge < -0.3 is 10.6 Å². The maximum Gasteiger partial charge on any atom is 0.240 e. The molecule has 0 radical (unpaired) electrons. The molecule has 0 aromatic heterocycles. The van der Waals surface area contributed by atoms with Crippen LogP contribution in [0.4, 0.5) is 0 Å². The third kappa shape index (κ3) is 3.84. The molecule has 0 saturated carbocycles. The highest BCUT2D eigenvalue weighted by atomic mass is 79.9. The van der Waals surface area contributed by atoms with Crippen LogP contribution in [0.5, 0.6) is 0 Å². The van der Waals surface area contributed by atoms with Gasteiger partial charge >= 0.3 is 0 Å². The fourth-order valence-corrected chi connectivity index (χ4v) is 3.27. The van der Waals surface area contributed by atoms with Crippen LogP contribution < -0.4 is 10.6 Å². The summed E-state index contributed by atoms with van der Waals surface area (Å²) < 4.78 is 1.03. The van der Waals surface area contributed by atoms with Gasteiger partial charge in [0.05, 0.1) is 11.6 Å². The van der Waals surface area contributed by atoms with Gasteiger partial charge in [-0.2, -0.15) is 0 Å². The fourth-order valence-electron chi connectivity index (χ4n) is 2.64. The van der Waals surface area contributed by atoms with E-state index in [1.54, 1.807) is 0 Å². The van der Waals surface area contributed by atoms with Crippen LogP contribution in [0.1, 0.15) is 32.4 Å². The number of hydrogen-bond acceptors (Lipinski definition) is 3. The van der Waals surface area contributed by atoms with E-state index in [1.807, 2.05) is 45.0 Å². The van der Waals surface area contributed by atoms with Gasteiger partial charge in [0.15, 0.2) is 0 Å². The van der Waals surface area contributed by atoms with Gasteiger partial charge in [-0.1, -0.05) is 34.1 Å². The van der Waals surface area contributed by atoms with Gasteiger partial charge in [0.2, 0.25) is 5.91 Å². The van der Waals surface area contributed by atoms with Gasteiger partial charge in [-0.05, 0) is 32.4 Å². The predicted molar refractivity (Wildman–Crippen MR) is 89.2 cm³/mol. The number of piperazine rings is 1. The number of carbonyl (C=O) groups is 1. The first-order valence-electron chi connectivity index (χ1n) is 7.44. The van der Waals surface area contributed by atoms with E-state index < -0.39 is 5.54 Å². The van der Waals surface area contributed by atoms with Crippen LogP contribution in [0.3, 0.4) is 0 Å². The van der Waals surface area contributed by atoms with Crippen LogP contribution in [0.25, 0.3) is 0 Å². The zero-order valence-corrected chi connectivity index (χ0v) is 14.5. The lowest BCUT2D eigenvalue weighted by Gasteiger charge is -2.40. The summed E-state index contributed by atoms with van der Waals surface area (Å²) in [7, 11) is 0. The third-order valence-electron chi connectivity index (χ3n) is 4.18. The van der Waals surface area contributed by atoms with Crippen LogP contribution in [0.15, 0.2) is 28.7 Å². The van der Waals surface area contributed by atoms with Crippen molar-refractivity contribution in [2.24, 2.45) is 0 Å². The molecule has 2 rings (SSSR count). The maximum absolute atomic E-state index is 12.7. The first-order valence-corrected chi connectivity index (χ1v) is 8.23. The molecule has 4 nitrogen and oxygen atoms in total. The number of hydrogen-bond donors (Lipinski definition) is 2. The molecule has 1 heterocycles. The number of rotatable bonds is 4. The molecule has 0 unspecified atom stereocenters. The average molecular weight is 354 g/mol. The van der Waals surface area contributed by atoms with Crippen molar-refractivity contribution in [2.75, 3.05) is 26.2 Å². The fraction of sp³-hybridized carbons (Fsp3) is 0.562. The molecule has 0 aliphatic carbocycles. The monoisotopic (exact) mass is 353 g/mol. The summed E-state index contributed by atoms with van der Waals surface area (Å²) in [5, 5.41) is 6.46. The van der Waals surface area contributed by atoms with Gasteiger partial charge in [0.1, 0.15) is 0 Å². The largest absolute Gasteiger partial charge is 0.348 e. The zero-order valence-electron chi connectivity index (χ0n) is 12.9. The van der Waals surface area contributed by atoms with Crippen molar-refractivity contribution in [3.05, 3.63) is 34.3 Å². The quantitative estimate of drug-likeness (QED) is 0.872. The number of amides is 1. The molecule has 0 spiro atoms. The van der Waals surface area contributed by atoms with Gasteiger partial charge in [0.25, 0.3) is 0 Å².